The fourth-order valence-electron chi connectivity index (χ4n) is 5.36. The van der Waals surface area contributed by atoms with Gasteiger partial charge in [-0.25, -0.2) is 8.42 Å². The zero-order chi connectivity index (χ0) is 23.3. The van der Waals surface area contributed by atoms with Crippen molar-refractivity contribution in [1.82, 2.24) is 8.87 Å². The fourth-order valence-corrected chi connectivity index (χ4v) is 6.95. The number of aromatic nitrogens is 1. The molecule has 2 aromatic carbocycles. The van der Waals surface area contributed by atoms with Crippen LogP contribution in [0.4, 0.5) is 5.69 Å². The number of pyridine rings is 1. The molecule has 1 N–H and O–H groups in total. The molecule has 174 valence electrons. The minimum atomic E-state index is -3.59. The van der Waals surface area contributed by atoms with E-state index in [2.05, 4.69) is 5.32 Å². The first-order valence-electron chi connectivity index (χ1n) is 11.5. The minimum absolute atomic E-state index is 0.0432. The molecule has 0 aliphatic carbocycles. The molecule has 2 atom stereocenters. The number of rotatable bonds is 5. The van der Waals surface area contributed by atoms with Crippen LogP contribution in [0.1, 0.15) is 23.8 Å². The van der Waals surface area contributed by atoms with Crippen LogP contribution in [0.3, 0.4) is 0 Å². The van der Waals surface area contributed by atoms with Crippen molar-refractivity contribution < 1.29 is 12.8 Å². The molecule has 2 aliphatic heterocycles. The smallest absolute Gasteiger partial charge is 0.250 e. The lowest BCUT2D eigenvalue weighted by Crippen LogP contribution is -2.49. The molecule has 8 heteroatoms. The van der Waals surface area contributed by atoms with Crippen LogP contribution in [0.5, 0.6) is 0 Å². The van der Waals surface area contributed by atoms with Gasteiger partial charge in [-0.15, -0.1) is 0 Å². The van der Waals surface area contributed by atoms with Crippen LogP contribution in [0.2, 0.25) is 0 Å². The van der Waals surface area contributed by atoms with Gasteiger partial charge in [0.2, 0.25) is 10.0 Å². The Morgan fingerprint density at radius 1 is 0.941 bits per heavy atom. The molecule has 6 rings (SSSR count). The predicted molar refractivity (Wildman–Crippen MR) is 130 cm³/mol. The molecular formula is C26H25N3O4S. The van der Waals surface area contributed by atoms with Crippen molar-refractivity contribution in [2.75, 3.05) is 18.4 Å². The van der Waals surface area contributed by atoms with E-state index in [1.165, 1.54) is 0 Å². The number of piperidine rings is 1. The highest BCUT2D eigenvalue weighted by Gasteiger charge is 2.40. The highest BCUT2D eigenvalue weighted by molar-refractivity contribution is 7.89. The van der Waals surface area contributed by atoms with E-state index in [1.807, 2.05) is 47.0 Å². The van der Waals surface area contributed by atoms with Crippen LogP contribution in [-0.2, 0) is 23.1 Å². The highest BCUT2D eigenvalue weighted by atomic mass is 32.2. The lowest BCUT2D eigenvalue weighted by atomic mass is 9.83. The van der Waals surface area contributed by atoms with Gasteiger partial charge >= 0.3 is 0 Å². The van der Waals surface area contributed by atoms with Crippen LogP contribution < -0.4 is 10.9 Å². The Bertz CT molecular complexity index is 1490. The van der Waals surface area contributed by atoms with Gasteiger partial charge in [0.1, 0.15) is 11.3 Å². The summed E-state index contributed by atoms with van der Waals surface area (Å²) in [6.45, 7) is 1.78. The maximum atomic E-state index is 13.3. The van der Waals surface area contributed by atoms with Gasteiger partial charge in [0, 0.05) is 42.7 Å². The summed E-state index contributed by atoms with van der Waals surface area (Å²) in [7, 11) is -3.59. The lowest BCUT2D eigenvalue weighted by Gasteiger charge is -2.42. The molecule has 2 unspecified atom stereocenters. The number of sulfonamides is 1. The normalized spacial score (nSPS) is 20.2. The number of furan rings is 1. The molecule has 1 saturated heterocycles. The van der Waals surface area contributed by atoms with Gasteiger partial charge in [0.05, 0.1) is 17.1 Å². The van der Waals surface area contributed by atoms with Gasteiger partial charge in [-0.3, -0.25) is 4.79 Å². The van der Waals surface area contributed by atoms with Crippen molar-refractivity contribution in [2.24, 2.45) is 5.92 Å². The molecule has 0 saturated carbocycles. The summed E-state index contributed by atoms with van der Waals surface area (Å²) in [5.41, 5.74) is 2.52. The summed E-state index contributed by atoms with van der Waals surface area (Å²) in [4.78, 5) is 13.0. The number of anilines is 1. The predicted octanol–water partition coefficient (Wildman–Crippen LogP) is 4.01. The van der Waals surface area contributed by atoms with E-state index in [4.69, 9.17) is 4.42 Å². The summed E-state index contributed by atoms with van der Waals surface area (Å²) in [5, 5.41) is 4.49. The van der Waals surface area contributed by atoms with Gasteiger partial charge in [0.25, 0.3) is 5.56 Å². The summed E-state index contributed by atoms with van der Waals surface area (Å²) >= 11 is 0. The van der Waals surface area contributed by atoms with Crippen LogP contribution in [-0.4, -0.2) is 30.4 Å². The topological polar surface area (TPSA) is 84.6 Å². The van der Waals surface area contributed by atoms with Crippen molar-refractivity contribution in [1.29, 1.82) is 0 Å². The van der Waals surface area contributed by atoms with Gasteiger partial charge in [-0.2, -0.15) is 4.31 Å². The third-order valence-corrected chi connectivity index (χ3v) is 8.71. The third kappa shape index (κ3) is 3.63. The number of hydrogen-bond donors (Lipinski definition) is 1. The molecule has 7 nitrogen and oxygen atoms in total. The average molecular weight is 476 g/mol. The first-order chi connectivity index (χ1) is 16.5. The number of benzene rings is 2. The van der Waals surface area contributed by atoms with Gasteiger partial charge in [0.15, 0.2) is 0 Å². The zero-order valence-electron chi connectivity index (χ0n) is 18.6. The van der Waals surface area contributed by atoms with Crippen molar-refractivity contribution in [3.63, 3.8) is 0 Å². The monoisotopic (exact) mass is 475 g/mol. The summed E-state index contributed by atoms with van der Waals surface area (Å²) in [5.74, 6) is 0.850. The van der Waals surface area contributed by atoms with Gasteiger partial charge in [-0.05, 0) is 42.7 Å². The summed E-state index contributed by atoms with van der Waals surface area (Å²) in [6, 6.07) is 21.8. The van der Waals surface area contributed by atoms with E-state index >= 15 is 0 Å². The van der Waals surface area contributed by atoms with Crippen molar-refractivity contribution in [3.05, 3.63) is 94.6 Å². The molecule has 1 fully saturated rings. The second-order valence-electron chi connectivity index (χ2n) is 9.12. The summed E-state index contributed by atoms with van der Waals surface area (Å²) < 4.78 is 36.0. The maximum Gasteiger partial charge on any atom is 0.250 e. The molecule has 2 bridgehead atoms. The second kappa shape index (κ2) is 8.14. The first kappa shape index (κ1) is 21.2. The van der Waals surface area contributed by atoms with Crippen LogP contribution in [0, 0.1) is 5.92 Å². The van der Waals surface area contributed by atoms with E-state index in [0.717, 1.165) is 34.5 Å². The average Bonchev–Trinajstić information content (AvgIpc) is 3.27. The van der Waals surface area contributed by atoms with Gasteiger partial charge < -0.3 is 14.3 Å². The van der Waals surface area contributed by atoms with Crippen LogP contribution in [0.25, 0.3) is 11.0 Å². The number of nitrogens with zero attached hydrogens (tertiary/aromatic N) is 2. The Balaban J connectivity index is 1.31. The van der Waals surface area contributed by atoms with Crippen molar-refractivity contribution in [2.45, 2.75) is 30.3 Å². The molecule has 4 aromatic rings. The molecule has 0 spiro atoms. The van der Waals surface area contributed by atoms with Crippen molar-refractivity contribution in [3.8, 4) is 0 Å². The van der Waals surface area contributed by atoms with Crippen molar-refractivity contribution >= 4 is 26.7 Å². The van der Waals surface area contributed by atoms with Crippen LogP contribution >= 0.6 is 0 Å². The van der Waals surface area contributed by atoms with E-state index in [9.17, 15) is 13.2 Å². The number of para-hydroxylation sites is 1. The molecule has 0 radical (unpaired) electrons. The number of nitrogens with one attached hydrogen (secondary N) is 1. The zero-order valence-corrected chi connectivity index (χ0v) is 19.4. The Labute approximate surface area is 197 Å². The first-order valence-corrected chi connectivity index (χ1v) is 12.9. The Morgan fingerprint density at radius 2 is 1.74 bits per heavy atom. The molecular weight excluding hydrogens is 450 g/mol. The summed E-state index contributed by atoms with van der Waals surface area (Å²) in [6.07, 6.45) is 0.865. The SMILES string of the molecule is O=c1ccc(NCc2cc3ccccc3o2)c2n1CC1CC2CN(S(=O)(=O)c2ccccc2)C1. The Kier molecular flexibility index (Phi) is 5.08. The molecule has 2 aliphatic rings. The lowest BCUT2D eigenvalue weighted by molar-refractivity contribution is 0.187. The molecule has 2 aromatic heterocycles. The van der Waals surface area contributed by atoms with Gasteiger partial charge in [-0.1, -0.05) is 36.4 Å². The molecule has 34 heavy (non-hydrogen) atoms. The molecule has 4 heterocycles. The van der Waals surface area contributed by atoms with E-state index < -0.39 is 10.0 Å². The second-order valence-corrected chi connectivity index (χ2v) is 11.1. The fraction of sp³-hybridized carbons (Fsp3) is 0.269. The standard InChI is InChI=1S/C26H25N3O4S/c30-25-11-10-23(27-14-21-13-19-6-4-5-9-24(19)33-21)26-20-12-18(16-29(25)26)15-28(17-20)34(31,32)22-7-2-1-3-8-22/h1-11,13,18,20,27H,12,14-17H2. The quantitative estimate of drug-likeness (QED) is 0.471. The Hall–Kier alpha value is -3.36. The number of fused-ring (bicyclic) bond motifs is 5. The number of hydrogen-bond acceptors (Lipinski definition) is 5. The Morgan fingerprint density at radius 3 is 2.56 bits per heavy atom. The van der Waals surface area contributed by atoms with E-state index in [0.29, 0.717) is 31.1 Å². The largest absolute Gasteiger partial charge is 0.459 e. The third-order valence-electron chi connectivity index (χ3n) is 6.87. The molecule has 0 amide bonds. The van der Waals surface area contributed by atoms with E-state index in [-0.39, 0.29) is 17.4 Å². The minimum Gasteiger partial charge on any atom is -0.459 e. The van der Waals surface area contributed by atoms with Crippen LogP contribution in [0.15, 0.2) is 86.9 Å². The van der Waals surface area contributed by atoms with E-state index in [1.54, 1.807) is 34.6 Å². The maximum absolute atomic E-state index is 13.3. The highest BCUT2D eigenvalue weighted by Crippen LogP contribution is 2.40.